The van der Waals surface area contributed by atoms with Crippen molar-refractivity contribution in [2.75, 3.05) is 18.4 Å². The molecule has 0 radical (unpaired) electrons. The van der Waals surface area contributed by atoms with Crippen LogP contribution in [-0.4, -0.2) is 41.7 Å². The zero-order valence-corrected chi connectivity index (χ0v) is 15.9. The highest BCUT2D eigenvalue weighted by molar-refractivity contribution is 5.92. The number of amides is 1. The van der Waals surface area contributed by atoms with Crippen LogP contribution in [0.3, 0.4) is 0 Å². The van der Waals surface area contributed by atoms with E-state index in [0.29, 0.717) is 19.0 Å². The van der Waals surface area contributed by atoms with E-state index in [4.69, 9.17) is 10.5 Å². The van der Waals surface area contributed by atoms with Crippen LogP contribution in [0.5, 0.6) is 0 Å². The Labute approximate surface area is 150 Å². The van der Waals surface area contributed by atoms with E-state index in [9.17, 15) is 4.79 Å². The fourth-order valence-electron chi connectivity index (χ4n) is 2.64. The molecule has 6 heteroatoms. The maximum Gasteiger partial charge on any atom is 0.410 e. The summed E-state index contributed by atoms with van der Waals surface area (Å²) < 4.78 is 5.47. The monoisotopic (exact) mass is 346 g/mol. The predicted molar refractivity (Wildman–Crippen MR) is 102 cm³/mol. The number of hydrogen-bond acceptors (Lipinski definition) is 3. The Kier molecular flexibility index (Phi) is 5.93. The molecule has 0 spiro atoms. The van der Waals surface area contributed by atoms with Gasteiger partial charge in [-0.25, -0.2) is 4.79 Å². The maximum atomic E-state index is 12.3. The molecule has 1 fully saturated rings. The van der Waals surface area contributed by atoms with Crippen LogP contribution in [0.1, 0.15) is 44.7 Å². The first-order chi connectivity index (χ1) is 11.6. The molecule has 0 aliphatic heterocycles. The van der Waals surface area contributed by atoms with Gasteiger partial charge >= 0.3 is 6.09 Å². The van der Waals surface area contributed by atoms with Crippen molar-refractivity contribution >= 4 is 17.7 Å². The van der Waals surface area contributed by atoms with Gasteiger partial charge in [0.2, 0.25) is 0 Å². The van der Waals surface area contributed by atoms with Crippen LogP contribution < -0.4 is 11.1 Å². The van der Waals surface area contributed by atoms with Gasteiger partial charge < -0.3 is 20.7 Å². The normalized spacial score (nSPS) is 15.0. The van der Waals surface area contributed by atoms with Crippen molar-refractivity contribution in [1.29, 1.82) is 0 Å². The smallest absolute Gasteiger partial charge is 0.410 e. The van der Waals surface area contributed by atoms with Crippen LogP contribution in [0.4, 0.5) is 10.5 Å². The fraction of sp³-hybridized carbons (Fsp3) is 0.579. The second-order valence-corrected chi connectivity index (χ2v) is 7.67. The Morgan fingerprint density at radius 1 is 1.28 bits per heavy atom. The van der Waals surface area contributed by atoms with Gasteiger partial charge in [-0.1, -0.05) is 6.07 Å². The Morgan fingerprint density at radius 2 is 1.88 bits per heavy atom. The summed E-state index contributed by atoms with van der Waals surface area (Å²) in [5.74, 6) is 0.352. The Morgan fingerprint density at radius 3 is 2.40 bits per heavy atom. The van der Waals surface area contributed by atoms with E-state index >= 15 is 0 Å². The van der Waals surface area contributed by atoms with Crippen LogP contribution in [0, 0.1) is 13.8 Å². The first-order valence-corrected chi connectivity index (χ1v) is 8.79. The average Bonchev–Trinajstić information content (AvgIpc) is 3.24. The highest BCUT2D eigenvalue weighted by Crippen LogP contribution is 2.28. The number of benzene rings is 1. The number of nitrogens with one attached hydrogen (secondary N) is 1. The summed E-state index contributed by atoms with van der Waals surface area (Å²) in [4.78, 5) is 18.4. The largest absolute Gasteiger partial charge is 0.444 e. The summed E-state index contributed by atoms with van der Waals surface area (Å²) in [6.07, 6.45) is 1.78. The molecule has 25 heavy (non-hydrogen) atoms. The first-order valence-electron chi connectivity index (χ1n) is 8.79. The number of nitrogens with two attached hydrogens (primary N) is 1. The summed E-state index contributed by atoms with van der Waals surface area (Å²) in [5, 5.41) is 3.10. The lowest BCUT2D eigenvalue weighted by Crippen LogP contribution is -2.40. The number of carbonyl (C=O) groups excluding carboxylic acids is 1. The van der Waals surface area contributed by atoms with Gasteiger partial charge in [0.05, 0.1) is 6.54 Å². The minimum atomic E-state index is -0.489. The third kappa shape index (κ3) is 6.64. The minimum absolute atomic E-state index is 0.272. The van der Waals surface area contributed by atoms with E-state index in [-0.39, 0.29) is 12.1 Å². The van der Waals surface area contributed by atoms with Crippen LogP contribution in [0.25, 0.3) is 0 Å². The Balaban J connectivity index is 1.89. The van der Waals surface area contributed by atoms with Gasteiger partial charge in [-0.15, -0.1) is 0 Å². The highest BCUT2D eigenvalue weighted by atomic mass is 16.6. The number of nitrogens with zero attached hydrogens (tertiary/aromatic N) is 2. The van der Waals surface area contributed by atoms with Crippen molar-refractivity contribution in [2.24, 2.45) is 10.7 Å². The van der Waals surface area contributed by atoms with Crippen molar-refractivity contribution in [2.45, 2.75) is 59.1 Å². The first kappa shape index (κ1) is 19.1. The summed E-state index contributed by atoms with van der Waals surface area (Å²) in [5.41, 5.74) is 8.73. The molecule has 3 N–H and O–H groups in total. The molecule has 138 valence electrons. The zero-order valence-electron chi connectivity index (χ0n) is 15.9. The number of guanidine groups is 1. The standard InChI is InChI=1S/C19H30N4O2/c1-13-10-14(2)12-15(11-13)22-17(20)21-8-9-23(16-6-7-16)18(24)25-19(3,4)5/h10-12,16H,6-9H2,1-5H3,(H3,20,21,22). The molecule has 0 bridgehead atoms. The van der Waals surface area contributed by atoms with Crippen molar-refractivity contribution in [3.8, 4) is 0 Å². The zero-order chi connectivity index (χ0) is 18.6. The van der Waals surface area contributed by atoms with Crippen molar-refractivity contribution < 1.29 is 9.53 Å². The molecule has 1 aromatic rings. The molecule has 6 nitrogen and oxygen atoms in total. The van der Waals surface area contributed by atoms with Gasteiger partial charge in [-0.2, -0.15) is 0 Å². The summed E-state index contributed by atoms with van der Waals surface area (Å²) in [6.45, 7) is 10.7. The molecular formula is C19H30N4O2. The second-order valence-electron chi connectivity index (χ2n) is 7.67. The van der Waals surface area contributed by atoms with Gasteiger partial charge in [-0.3, -0.25) is 4.99 Å². The third-order valence-electron chi connectivity index (χ3n) is 3.73. The van der Waals surface area contributed by atoms with E-state index in [1.54, 1.807) is 4.90 Å². The van der Waals surface area contributed by atoms with Gasteiger partial charge in [0, 0.05) is 18.3 Å². The Hall–Kier alpha value is -2.24. The van der Waals surface area contributed by atoms with Crippen LogP contribution >= 0.6 is 0 Å². The average molecular weight is 346 g/mol. The van der Waals surface area contributed by atoms with Gasteiger partial charge in [0.25, 0.3) is 0 Å². The SMILES string of the molecule is Cc1cc(C)cc(NC(N)=NCCN(C(=O)OC(C)(C)C)C2CC2)c1. The van der Waals surface area contributed by atoms with Gasteiger partial charge in [0.1, 0.15) is 5.60 Å². The van der Waals surface area contributed by atoms with Crippen LogP contribution in [-0.2, 0) is 4.74 Å². The summed E-state index contributed by atoms with van der Waals surface area (Å²) in [6, 6.07) is 6.42. The van der Waals surface area contributed by atoms with E-state index in [0.717, 1.165) is 18.5 Å². The topological polar surface area (TPSA) is 80.0 Å². The highest BCUT2D eigenvalue weighted by Gasteiger charge is 2.34. The van der Waals surface area contributed by atoms with E-state index in [1.807, 2.05) is 46.8 Å². The van der Waals surface area contributed by atoms with Crippen LogP contribution in [0.15, 0.2) is 23.2 Å². The number of anilines is 1. The molecule has 0 unspecified atom stereocenters. The van der Waals surface area contributed by atoms with E-state index in [2.05, 4.69) is 16.4 Å². The second kappa shape index (κ2) is 7.76. The number of carbonyl (C=O) groups is 1. The van der Waals surface area contributed by atoms with Crippen molar-refractivity contribution in [1.82, 2.24) is 4.90 Å². The minimum Gasteiger partial charge on any atom is -0.444 e. The molecule has 1 saturated carbocycles. The summed E-state index contributed by atoms with van der Waals surface area (Å²) >= 11 is 0. The number of ether oxygens (including phenoxy) is 1. The quantitative estimate of drug-likeness (QED) is 0.632. The molecule has 0 heterocycles. The number of aryl methyl sites for hydroxylation is 2. The number of hydrogen-bond donors (Lipinski definition) is 2. The van der Waals surface area contributed by atoms with Gasteiger partial charge in [-0.05, 0) is 70.7 Å². The lowest BCUT2D eigenvalue weighted by Gasteiger charge is -2.27. The molecule has 0 atom stereocenters. The number of aliphatic imine (C=N–C) groups is 1. The molecule has 1 aliphatic rings. The van der Waals surface area contributed by atoms with Crippen molar-refractivity contribution in [3.05, 3.63) is 29.3 Å². The lowest BCUT2D eigenvalue weighted by atomic mass is 10.1. The fourth-order valence-corrected chi connectivity index (χ4v) is 2.64. The third-order valence-corrected chi connectivity index (χ3v) is 3.73. The molecule has 0 aromatic heterocycles. The van der Waals surface area contributed by atoms with E-state index < -0.39 is 5.60 Å². The van der Waals surface area contributed by atoms with E-state index in [1.165, 1.54) is 11.1 Å². The lowest BCUT2D eigenvalue weighted by molar-refractivity contribution is 0.0240. The molecule has 1 aliphatic carbocycles. The Bertz CT molecular complexity index is 625. The molecule has 0 saturated heterocycles. The predicted octanol–water partition coefficient (Wildman–Crippen LogP) is 3.43. The molecule has 1 aromatic carbocycles. The summed E-state index contributed by atoms with van der Waals surface area (Å²) in [7, 11) is 0. The molecule has 1 amide bonds. The maximum absolute atomic E-state index is 12.3. The molecule has 2 rings (SSSR count). The number of rotatable bonds is 5. The van der Waals surface area contributed by atoms with Gasteiger partial charge in [0.15, 0.2) is 5.96 Å². The molecular weight excluding hydrogens is 316 g/mol. The van der Waals surface area contributed by atoms with Crippen molar-refractivity contribution in [3.63, 3.8) is 0 Å². The van der Waals surface area contributed by atoms with Crippen LogP contribution in [0.2, 0.25) is 0 Å².